The molecule has 1 N–H and O–H groups in total. The molecule has 0 spiro atoms. The molecule has 0 heterocycles. The van der Waals surface area contributed by atoms with Crippen molar-refractivity contribution in [2.45, 2.75) is 6.92 Å². The molecule has 0 unspecified atom stereocenters. The Morgan fingerprint density at radius 3 is 2.55 bits per heavy atom. The van der Waals surface area contributed by atoms with Crippen LogP contribution in [0.15, 0.2) is 53.7 Å². The Bertz CT molecular complexity index is 711. The summed E-state index contributed by atoms with van der Waals surface area (Å²) in [6, 6.07) is 13.0. The SMILES string of the molecule is Cc1ccccc1NC(=O)O/N=C/c1ccc([N+](=O)[O-])cc1. The number of benzene rings is 2. The zero-order chi connectivity index (χ0) is 15.9. The van der Waals surface area contributed by atoms with E-state index in [1.165, 1.54) is 30.5 Å². The number of non-ortho nitro benzene ring substituents is 1. The number of para-hydroxylation sites is 1. The number of amides is 1. The average Bonchev–Trinajstić information content (AvgIpc) is 2.50. The topological polar surface area (TPSA) is 93.8 Å². The highest BCUT2D eigenvalue weighted by Gasteiger charge is 2.05. The van der Waals surface area contributed by atoms with Gasteiger partial charge in [0.15, 0.2) is 0 Å². The predicted octanol–water partition coefficient (Wildman–Crippen LogP) is 3.49. The smallest absolute Gasteiger partial charge is 0.298 e. The van der Waals surface area contributed by atoms with E-state index in [1.54, 1.807) is 12.1 Å². The molecule has 112 valence electrons. The van der Waals surface area contributed by atoms with Crippen molar-refractivity contribution in [3.63, 3.8) is 0 Å². The van der Waals surface area contributed by atoms with E-state index in [0.717, 1.165) is 5.56 Å². The van der Waals surface area contributed by atoms with Crippen LogP contribution < -0.4 is 5.32 Å². The van der Waals surface area contributed by atoms with Crippen LogP contribution >= 0.6 is 0 Å². The number of anilines is 1. The minimum atomic E-state index is -0.715. The molecule has 0 aliphatic heterocycles. The number of nitro benzene ring substituents is 1. The fourth-order valence-corrected chi connectivity index (χ4v) is 1.66. The maximum Gasteiger partial charge on any atom is 0.437 e. The van der Waals surface area contributed by atoms with Gasteiger partial charge in [0, 0.05) is 17.8 Å². The Labute approximate surface area is 126 Å². The summed E-state index contributed by atoms with van der Waals surface area (Å²) in [5, 5.41) is 16.6. The average molecular weight is 299 g/mol. The number of hydrogen-bond acceptors (Lipinski definition) is 5. The Hall–Kier alpha value is -3.22. The Morgan fingerprint density at radius 2 is 1.91 bits per heavy atom. The number of carbonyl (C=O) groups is 1. The second-order valence-electron chi connectivity index (χ2n) is 4.40. The molecule has 0 saturated heterocycles. The Morgan fingerprint density at radius 1 is 1.23 bits per heavy atom. The number of rotatable bonds is 4. The first kappa shape index (κ1) is 15.2. The van der Waals surface area contributed by atoms with Gasteiger partial charge in [-0.25, -0.2) is 4.79 Å². The lowest BCUT2D eigenvalue weighted by molar-refractivity contribution is -0.384. The minimum Gasteiger partial charge on any atom is -0.298 e. The minimum absolute atomic E-state index is 0.0182. The standard InChI is InChI=1S/C15H13N3O4/c1-11-4-2-3-5-14(11)17-15(19)22-16-10-12-6-8-13(9-7-12)18(20)21/h2-10H,1H3,(H,17,19)/b16-10+. The number of hydrogen-bond donors (Lipinski definition) is 1. The molecule has 0 fully saturated rings. The molecule has 0 saturated carbocycles. The van der Waals surface area contributed by atoms with Crippen LogP contribution in [0, 0.1) is 17.0 Å². The van der Waals surface area contributed by atoms with Crippen LogP contribution in [0.25, 0.3) is 0 Å². The maximum atomic E-state index is 11.6. The van der Waals surface area contributed by atoms with Gasteiger partial charge in [0.1, 0.15) is 0 Å². The first-order valence-corrected chi connectivity index (χ1v) is 6.38. The summed E-state index contributed by atoms with van der Waals surface area (Å²) >= 11 is 0. The summed E-state index contributed by atoms with van der Waals surface area (Å²) in [4.78, 5) is 26.2. The molecule has 0 aliphatic carbocycles. The molecule has 0 aromatic heterocycles. The van der Waals surface area contributed by atoms with E-state index in [-0.39, 0.29) is 5.69 Å². The normalized spacial score (nSPS) is 10.4. The molecule has 0 bridgehead atoms. The molecule has 0 aliphatic rings. The number of nitro groups is 1. The molecule has 0 atom stereocenters. The van der Waals surface area contributed by atoms with Crippen molar-refractivity contribution in [2.24, 2.45) is 5.16 Å². The fourth-order valence-electron chi connectivity index (χ4n) is 1.66. The summed E-state index contributed by atoms with van der Waals surface area (Å²) in [6.45, 7) is 1.86. The molecular weight excluding hydrogens is 286 g/mol. The molecule has 0 radical (unpaired) electrons. The van der Waals surface area contributed by atoms with E-state index in [4.69, 9.17) is 0 Å². The monoisotopic (exact) mass is 299 g/mol. The van der Waals surface area contributed by atoms with Crippen LogP contribution in [0.3, 0.4) is 0 Å². The Kier molecular flexibility index (Phi) is 4.81. The lowest BCUT2D eigenvalue weighted by atomic mass is 10.2. The van der Waals surface area contributed by atoms with Gasteiger partial charge in [-0.3, -0.25) is 20.3 Å². The highest BCUT2D eigenvalue weighted by Crippen LogP contribution is 2.13. The highest BCUT2D eigenvalue weighted by atomic mass is 16.7. The largest absolute Gasteiger partial charge is 0.437 e. The summed E-state index contributed by atoms with van der Waals surface area (Å²) in [6.07, 6.45) is 0.578. The van der Waals surface area contributed by atoms with E-state index in [0.29, 0.717) is 11.3 Å². The van der Waals surface area contributed by atoms with Gasteiger partial charge in [-0.1, -0.05) is 23.4 Å². The lowest BCUT2D eigenvalue weighted by Gasteiger charge is -2.05. The van der Waals surface area contributed by atoms with Crippen LogP contribution in [-0.4, -0.2) is 17.2 Å². The van der Waals surface area contributed by atoms with Crippen LogP contribution in [0.1, 0.15) is 11.1 Å². The third-order valence-electron chi connectivity index (χ3n) is 2.82. The summed E-state index contributed by atoms with van der Waals surface area (Å²) in [7, 11) is 0. The van der Waals surface area contributed by atoms with Gasteiger partial charge >= 0.3 is 6.09 Å². The van der Waals surface area contributed by atoms with Gasteiger partial charge in [0.2, 0.25) is 0 Å². The summed E-state index contributed by atoms with van der Waals surface area (Å²) in [5.74, 6) is 0. The van der Waals surface area contributed by atoms with Gasteiger partial charge in [-0.05, 0) is 36.2 Å². The van der Waals surface area contributed by atoms with Crippen molar-refractivity contribution in [1.29, 1.82) is 0 Å². The maximum absolute atomic E-state index is 11.6. The molecule has 2 aromatic rings. The van der Waals surface area contributed by atoms with Crippen LogP contribution in [0.4, 0.5) is 16.2 Å². The molecule has 1 amide bonds. The number of nitrogens with zero attached hydrogens (tertiary/aromatic N) is 2. The first-order chi connectivity index (χ1) is 10.6. The van der Waals surface area contributed by atoms with Crippen molar-refractivity contribution in [3.05, 3.63) is 69.8 Å². The zero-order valence-electron chi connectivity index (χ0n) is 11.7. The van der Waals surface area contributed by atoms with Crippen molar-refractivity contribution < 1.29 is 14.6 Å². The first-order valence-electron chi connectivity index (χ1n) is 6.38. The van der Waals surface area contributed by atoms with Crippen LogP contribution in [-0.2, 0) is 4.84 Å². The molecule has 7 heteroatoms. The zero-order valence-corrected chi connectivity index (χ0v) is 11.7. The fraction of sp³-hybridized carbons (Fsp3) is 0.0667. The quantitative estimate of drug-likeness (QED) is 0.404. The molecular formula is C15H13N3O4. The third kappa shape index (κ3) is 4.14. The van der Waals surface area contributed by atoms with E-state index in [1.807, 2.05) is 19.1 Å². The number of oxime groups is 1. The third-order valence-corrected chi connectivity index (χ3v) is 2.82. The molecule has 7 nitrogen and oxygen atoms in total. The molecule has 22 heavy (non-hydrogen) atoms. The van der Waals surface area contributed by atoms with Crippen molar-refractivity contribution >= 4 is 23.7 Å². The highest BCUT2D eigenvalue weighted by molar-refractivity contribution is 5.86. The van der Waals surface area contributed by atoms with E-state index >= 15 is 0 Å². The lowest BCUT2D eigenvalue weighted by Crippen LogP contribution is -2.11. The van der Waals surface area contributed by atoms with Gasteiger partial charge in [-0.2, -0.15) is 0 Å². The Balaban J connectivity index is 1.90. The summed E-state index contributed by atoms with van der Waals surface area (Å²) < 4.78 is 0. The van der Waals surface area contributed by atoms with Crippen LogP contribution in [0.2, 0.25) is 0 Å². The molecule has 2 rings (SSSR count). The van der Waals surface area contributed by atoms with Gasteiger partial charge in [0.05, 0.1) is 11.1 Å². The second kappa shape index (κ2) is 6.98. The van der Waals surface area contributed by atoms with E-state index < -0.39 is 11.0 Å². The van der Waals surface area contributed by atoms with Gasteiger partial charge in [-0.15, -0.1) is 0 Å². The summed E-state index contributed by atoms with van der Waals surface area (Å²) in [5.41, 5.74) is 2.10. The van der Waals surface area contributed by atoms with Gasteiger partial charge < -0.3 is 0 Å². The number of carbonyl (C=O) groups excluding carboxylic acids is 1. The van der Waals surface area contributed by atoms with Gasteiger partial charge in [0.25, 0.3) is 5.69 Å². The predicted molar refractivity (Wildman–Crippen MR) is 82.0 cm³/mol. The van der Waals surface area contributed by atoms with Crippen LogP contribution in [0.5, 0.6) is 0 Å². The van der Waals surface area contributed by atoms with Crippen molar-refractivity contribution in [1.82, 2.24) is 0 Å². The molecule has 2 aromatic carbocycles. The van der Waals surface area contributed by atoms with E-state index in [9.17, 15) is 14.9 Å². The number of nitrogens with one attached hydrogen (secondary N) is 1. The van der Waals surface area contributed by atoms with Crippen molar-refractivity contribution in [2.75, 3.05) is 5.32 Å². The number of aryl methyl sites for hydroxylation is 1. The second-order valence-corrected chi connectivity index (χ2v) is 4.40. The van der Waals surface area contributed by atoms with E-state index in [2.05, 4.69) is 15.3 Å². The van der Waals surface area contributed by atoms with Crippen molar-refractivity contribution in [3.8, 4) is 0 Å².